The number of nitrogens with one attached hydrogen (secondary N) is 1. The fourth-order valence-corrected chi connectivity index (χ4v) is 4.09. The number of nitrogens with zero attached hydrogens (tertiary/aromatic N) is 3. The summed E-state index contributed by atoms with van der Waals surface area (Å²) < 4.78 is 14.2. The molecule has 1 aromatic rings. The Morgan fingerprint density at radius 3 is 3.00 bits per heavy atom. The van der Waals surface area contributed by atoms with Crippen molar-refractivity contribution in [3.63, 3.8) is 0 Å². The zero-order chi connectivity index (χ0) is 14.3. The minimum atomic E-state index is -0.328. The third kappa shape index (κ3) is 2.40. The summed E-state index contributed by atoms with van der Waals surface area (Å²) in [6.07, 6.45) is 7.04. The molecule has 1 aromatic heterocycles. The van der Waals surface area contributed by atoms with Gasteiger partial charge >= 0.3 is 0 Å². The highest BCUT2D eigenvalue weighted by molar-refractivity contribution is 5.01. The largest absolute Gasteiger partial charge is 0.347 e. The van der Waals surface area contributed by atoms with Crippen LogP contribution in [0.25, 0.3) is 0 Å². The van der Waals surface area contributed by atoms with Gasteiger partial charge in [-0.25, -0.2) is 4.98 Å². The first-order valence-corrected chi connectivity index (χ1v) is 7.99. The van der Waals surface area contributed by atoms with E-state index in [9.17, 15) is 0 Å². The number of aromatic nitrogens is 2. The van der Waals surface area contributed by atoms with Crippen LogP contribution >= 0.6 is 0 Å². The van der Waals surface area contributed by atoms with Crippen molar-refractivity contribution in [2.75, 3.05) is 26.8 Å². The van der Waals surface area contributed by atoms with Crippen molar-refractivity contribution in [3.05, 3.63) is 18.2 Å². The van der Waals surface area contributed by atoms with Gasteiger partial charge in [-0.2, -0.15) is 0 Å². The van der Waals surface area contributed by atoms with Crippen LogP contribution in [0.3, 0.4) is 0 Å². The highest BCUT2D eigenvalue weighted by atomic mass is 16.7. The first-order chi connectivity index (χ1) is 10.3. The lowest BCUT2D eigenvalue weighted by atomic mass is 9.84. The summed E-state index contributed by atoms with van der Waals surface area (Å²) >= 11 is 0. The van der Waals surface area contributed by atoms with E-state index in [2.05, 4.69) is 33.0 Å². The molecule has 1 saturated carbocycles. The maximum atomic E-state index is 5.95. The van der Waals surface area contributed by atoms with Gasteiger partial charge in [0.25, 0.3) is 0 Å². The van der Waals surface area contributed by atoms with Gasteiger partial charge < -0.3 is 19.4 Å². The Kier molecular flexibility index (Phi) is 3.49. The molecule has 1 spiro atoms. The van der Waals surface area contributed by atoms with Gasteiger partial charge in [-0.3, -0.25) is 4.90 Å². The average Bonchev–Trinajstić information content (AvgIpc) is 3.16. The van der Waals surface area contributed by atoms with E-state index in [0.717, 1.165) is 52.1 Å². The summed E-state index contributed by atoms with van der Waals surface area (Å²) in [6.45, 7) is 4.49. The molecule has 6 nitrogen and oxygen atoms in total. The molecule has 0 bridgehead atoms. The number of ether oxygens (including phenoxy) is 2. The van der Waals surface area contributed by atoms with Crippen molar-refractivity contribution in [2.45, 2.75) is 50.2 Å². The first kappa shape index (κ1) is 13.7. The summed E-state index contributed by atoms with van der Waals surface area (Å²) in [6, 6.07) is 0.956. The lowest BCUT2D eigenvalue weighted by molar-refractivity contribution is -0.194. The highest BCUT2D eigenvalue weighted by Gasteiger charge is 2.46. The number of likely N-dealkylation sites (N-methyl/N-ethyl adjacent to an activating group) is 1. The monoisotopic (exact) mass is 292 g/mol. The molecule has 2 fully saturated rings. The van der Waals surface area contributed by atoms with Gasteiger partial charge in [-0.05, 0) is 13.5 Å². The number of hydrogen-bond donors (Lipinski definition) is 1. The van der Waals surface area contributed by atoms with Crippen LogP contribution in [0.5, 0.6) is 0 Å². The van der Waals surface area contributed by atoms with E-state index in [1.165, 1.54) is 5.82 Å². The topological polar surface area (TPSA) is 51.6 Å². The Morgan fingerprint density at radius 2 is 2.19 bits per heavy atom. The predicted octanol–water partition coefficient (Wildman–Crippen LogP) is 0.582. The first-order valence-electron chi connectivity index (χ1n) is 7.99. The fourth-order valence-electron chi connectivity index (χ4n) is 4.09. The molecule has 2 unspecified atom stereocenters. The summed E-state index contributed by atoms with van der Waals surface area (Å²) in [7, 11) is 2.07. The van der Waals surface area contributed by atoms with Crippen LogP contribution in [0, 0.1) is 0 Å². The number of rotatable bonds is 2. The molecule has 3 heterocycles. The quantitative estimate of drug-likeness (QED) is 0.864. The molecule has 3 aliphatic rings. The Labute approximate surface area is 125 Å². The third-order valence-electron chi connectivity index (χ3n) is 5.25. The Morgan fingerprint density at radius 1 is 1.33 bits per heavy atom. The Bertz CT molecular complexity index is 498. The van der Waals surface area contributed by atoms with Gasteiger partial charge in [0.15, 0.2) is 5.79 Å². The lowest BCUT2D eigenvalue weighted by Gasteiger charge is -2.46. The molecule has 21 heavy (non-hydrogen) atoms. The molecule has 0 amide bonds. The van der Waals surface area contributed by atoms with Crippen molar-refractivity contribution >= 4 is 0 Å². The van der Waals surface area contributed by atoms with Gasteiger partial charge in [0.1, 0.15) is 5.82 Å². The van der Waals surface area contributed by atoms with E-state index in [1.54, 1.807) is 0 Å². The number of imidazole rings is 1. The molecule has 1 aliphatic carbocycles. The zero-order valence-electron chi connectivity index (χ0n) is 12.6. The predicted molar refractivity (Wildman–Crippen MR) is 77.8 cm³/mol. The van der Waals surface area contributed by atoms with Crippen molar-refractivity contribution in [3.8, 4) is 0 Å². The summed E-state index contributed by atoms with van der Waals surface area (Å²) in [5.41, 5.74) is 0. The van der Waals surface area contributed by atoms with Crippen LogP contribution in [0.4, 0.5) is 0 Å². The molecule has 1 saturated heterocycles. The van der Waals surface area contributed by atoms with Crippen LogP contribution in [-0.2, 0) is 22.6 Å². The highest BCUT2D eigenvalue weighted by Crippen LogP contribution is 2.38. The third-order valence-corrected chi connectivity index (χ3v) is 5.25. The van der Waals surface area contributed by atoms with Crippen LogP contribution in [0.1, 0.15) is 25.1 Å². The Balaban J connectivity index is 1.53. The Hall–Kier alpha value is -0.950. The van der Waals surface area contributed by atoms with Crippen molar-refractivity contribution in [2.24, 2.45) is 0 Å². The van der Waals surface area contributed by atoms with Crippen LogP contribution in [0.2, 0.25) is 0 Å². The molecule has 2 atom stereocenters. The van der Waals surface area contributed by atoms with Gasteiger partial charge in [-0.1, -0.05) is 0 Å². The van der Waals surface area contributed by atoms with Crippen LogP contribution < -0.4 is 5.32 Å². The van der Waals surface area contributed by atoms with E-state index >= 15 is 0 Å². The molecule has 0 aromatic carbocycles. The maximum Gasteiger partial charge on any atom is 0.170 e. The van der Waals surface area contributed by atoms with E-state index < -0.39 is 0 Å². The molecule has 0 radical (unpaired) electrons. The van der Waals surface area contributed by atoms with Gasteiger partial charge in [0.05, 0.1) is 19.8 Å². The maximum absolute atomic E-state index is 5.95. The van der Waals surface area contributed by atoms with E-state index in [4.69, 9.17) is 9.47 Å². The molecule has 116 valence electrons. The second kappa shape index (κ2) is 5.35. The summed E-state index contributed by atoms with van der Waals surface area (Å²) in [5.74, 6) is 0.842. The van der Waals surface area contributed by atoms with Crippen molar-refractivity contribution in [1.82, 2.24) is 19.8 Å². The smallest absolute Gasteiger partial charge is 0.170 e. The standard InChI is InChI=1S/C15H24N4O2/c1-16-12-2-3-15(20-8-9-21-15)10-13(12)19-7-6-18-5-4-17-14(18)11-19/h4-5,12-13,16H,2-3,6-11H2,1H3. The minimum absolute atomic E-state index is 0.328. The fraction of sp³-hybridized carbons (Fsp3) is 0.800. The second-order valence-electron chi connectivity index (χ2n) is 6.32. The van der Waals surface area contributed by atoms with Crippen molar-refractivity contribution in [1.29, 1.82) is 0 Å². The van der Waals surface area contributed by atoms with Crippen LogP contribution in [0.15, 0.2) is 12.4 Å². The number of hydrogen-bond acceptors (Lipinski definition) is 5. The van der Waals surface area contributed by atoms with Gasteiger partial charge in [-0.15, -0.1) is 0 Å². The van der Waals surface area contributed by atoms with E-state index in [-0.39, 0.29) is 5.79 Å². The lowest BCUT2D eigenvalue weighted by Crippen LogP contribution is -2.58. The molecular formula is C15H24N4O2. The molecular weight excluding hydrogens is 268 g/mol. The van der Waals surface area contributed by atoms with Crippen LogP contribution in [-0.4, -0.2) is 59.1 Å². The molecule has 1 N–H and O–H groups in total. The minimum Gasteiger partial charge on any atom is -0.347 e. The normalized spacial score (nSPS) is 32.4. The van der Waals surface area contributed by atoms with Gasteiger partial charge in [0, 0.05) is 50.4 Å². The zero-order valence-corrected chi connectivity index (χ0v) is 12.6. The average molecular weight is 292 g/mol. The molecule has 4 rings (SSSR count). The van der Waals surface area contributed by atoms with Gasteiger partial charge in [0.2, 0.25) is 0 Å². The van der Waals surface area contributed by atoms with Crippen molar-refractivity contribution < 1.29 is 9.47 Å². The second-order valence-corrected chi connectivity index (χ2v) is 6.32. The van der Waals surface area contributed by atoms with E-state index in [0.29, 0.717) is 12.1 Å². The summed E-state index contributed by atoms with van der Waals surface area (Å²) in [4.78, 5) is 7.03. The number of fused-ring (bicyclic) bond motifs is 1. The molecule has 2 aliphatic heterocycles. The SMILES string of the molecule is CNC1CCC2(CC1N1CCn3ccnc3C1)OCCO2. The summed E-state index contributed by atoms with van der Waals surface area (Å²) in [5, 5.41) is 3.50. The molecule has 6 heteroatoms. The van der Waals surface area contributed by atoms with E-state index in [1.807, 2.05) is 6.20 Å².